The maximum Gasteiger partial charge on any atom is 0.128 e. The number of fused-ring (bicyclic) bond motifs is 4. The van der Waals surface area contributed by atoms with E-state index < -0.39 is 0 Å². The molecule has 3 nitrogen and oxygen atoms in total. The fraction of sp³-hybridized carbons (Fsp3) is 0.162. The number of nitrogens with zero attached hydrogens (tertiary/aromatic N) is 1. The molecule has 0 aromatic heterocycles. The first-order chi connectivity index (χ1) is 20.1. The summed E-state index contributed by atoms with van der Waals surface area (Å²) in [5, 5.41) is 6.28. The van der Waals surface area contributed by atoms with Crippen LogP contribution in [0, 0.1) is 12.8 Å². The van der Waals surface area contributed by atoms with Gasteiger partial charge in [-0.15, -0.1) is 0 Å². The Bertz CT molecular complexity index is 1780. The molecular formula is C37H31BrN2O. The molecule has 5 aromatic carbocycles. The molecule has 1 aliphatic heterocycles. The quantitative estimate of drug-likeness (QED) is 0.156. The van der Waals surface area contributed by atoms with Crippen molar-refractivity contribution in [2.75, 3.05) is 5.32 Å². The number of hydrogen-bond acceptors (Lipinski definition) is 3. The number of rotatable bonds is 6. The number of benzene rings is 5. The average molecular weight is 600 g/mol. The predicted molar refractivity (Wildman–Crippen MR) is 174 cm³/mol. The van der Waals surface area contributed by atoms with Crippen LogP contribution in [0.3, 0.4) is 0 Å². The normalized spacial score (nSPS) is 19.2. The molecule has 4 heteroatoms. The first kappa shape index (κ1) is 25.8. The summed E-state index contributed by atoms with van der Waals surface area (Å²) in [6, 6.07) is 36.5. The Balaban J connectivity index is 1.09. The Morgan fingerprint density at radius 1 is 0.927 bits per heavy atom. The minimum atomic E-state index is 0.280. The number of allylic oxidation sites excluding steroid dienone is 2. The average Bonchev–Trinajstić information content (AvgIpc) is 3.50. The highest BCUT2D eigenvalue weighted by molar-refractivity contribution is 9.10. The second-order valence-corrected chi connectivity index (χ2v) is 11.9. The maximum atomic E-state index is 6.32. The molecule has 0 fully saturated rings. The number of aryl methyl sites for hydroxylation is 1. The molecule has 1 heterocycles. The topological polar surface area (TPSA) is 33.6 Å². The first-order valence-corrected chi connectivity index (χ1v) is 15.0. The van der Waals surface area contributed by atoms with Crippen LogP contribution in [0.15, 0.2) is 125 Å². The third-order valence-electron chi connectivity index (χ3n) is 8.36. The summed E-state index contributed by atoms with van der Waals surface area (Å²) in [5.41, 5.74) is 8.31. The highest BCUT2D eigenvalue weighted by Crippen LogP contribution is 2.50. The second-order valence-electron chi connectivity index (χ2n) is 11.0. The Kier molecular flexibility index (Phi) is 6.93. The lowest BCUT2D eigenvalue weighted by molar-refractivity contribution is 0.307. The van der Waals surface area contributed by atoms with E-state index >= 15 is 0 Å². The molecule has 0 amide bonds. The van der Waals surface area contributed by atoms with Gasteiger partial charge in [-0.25, -0.2) is 0 Å². The SMILES string of the molecule is Cc1ccc2c(c1)[C@@H]1C=CC[C@@H]1[C@H](c1ccc(N=Cc3cc(Br)ccc3OCc3cccc4ccccc34)cc1)N2. The third-order valence-corrected chi connectivity index (χ3v) is 8.85. The van der Waals surface area contributed by atoms with Crippen molar-refractivity contribution in [1.82, 2.24) is 0 Å². The standard InChI is InChI=1S/C37H31BrN2O/c1-24-12-18-35-34(20-24)32-10-5-11-33(32)37(40-35)26-13-16-30(17-14-26)39-22-28-21-29(38)15-19-36(28)41-23-27-8-4-7-25-6-2-3-9-31(25)27/h2-10,12-22,32-33,37,40H,11,23H2,1H3/t32-,33+,37+/m1/s1. The summed E-state index contributed by atoms with van der Waals surface area (Å²) in [4.78, 5) is 4.82. The van der Waals surface area contributed by atoms with E-state index in [0.29, 0.717) is 18.4 Å². The summed E-state index contributed by atoms with van der Waals surface area (Å²) in [7, 11) is 0. The number of aliphatic imine (C=N–C) groups is 1. The molecule has 0 bridgehead atoms. The maximum absolute atomic E-state index is 6.32. The van der Waals surface area contributed by atoms with Crippen molar-refractivity contribution in [3.8, 4) is 5.75 Å². The van der Waals surface area contributed by atoms with E-state index in [0.717, 1.165) is 27.9 Å². The van der Waals surface area contributed by atoms with Gasteiger partial charge in [0.25, 0.3) is 0 Å². The zero-order valence-electron chi connectivity index (χ0n) is 22.9. The van der Waals surface area contributed by atoms with E-state index in [9.17, 15) is 0 Å². The van der Waals surface area contributed by atoms with Crippen molar-refractivity contribution in [2.45, 2.75) is 31.9 Å². The van der Waals surface area contributed by atoms with Gasteiger partial charge in [0.15, 0.2) is 0 Å². The Morgan fingerprint density at radius 2 is 1.78 bits per heavy atom. The van der Waals surface area contributed by atoms with Gasteiger partial charge in [0.1, 0.15) is 12.4 Å². The molecule has 3 atom stereocenters. The van der Waals surface area contributed by atoms with Crippen LogP contribution in [0.25, 0.3) is 10.8 Å². The molecule has 0 saturated heterocycles. The van der Waals surface area contributed by atoms with Crippen LogP contribution in [0.1, 0.15) is 46.2 Å². The molecule has 7 rings (SSSR count). The largest absolute Gasteiger partial charge is 0.488 e. The van der Waals surface area contributed by atoms with Crippen LogP contribution >= 0.6 is 15.9 Å². The molecule has 1 N–H and O–H groups in total. The highest BCUT2D eigenvalue weighted by atomic mass is 79.9. The monoisotopic (exact) mass is 598 g/mol. The minimum Gasteiger partial charge on any atom is -0.488 e. The lowest BCUT2D eigenvalue weighted by atomic mass is 9.76. The van der Waals surface area contributed by atoms with Gasteiger partial charge in [0, 0.05) is 27.9 Å². The van der Waals surface area contributed by atoms with Gasteiger partial charge in [-0.05, 0) is 83.1 Å². The van der Waals surface area contributed by atoms with E-state index in [2.05, 4.69) is 131 Å². The van der Waals surface area contributed by atoms with E-state index in [1.165, 1.54) is 38.7 Å². The van der Waals surface area contributed by atoms with Crippen molar-refractivity contribution in [2.24, 2.45) is 10.9 Å². The van der Waals surface area contributed by atoms with Crippen molar-refractivity contribution in [3.05, 3.63) is 148 Å². The van der Waals surface area contributed by atoms with Crippen LogP contribution in [0.5, 0.6) is 5.75 Å². The van der Waals surface area contributed by atoms with Crippen LogP contribution in [-0.2, 0) is 6.61 Å². The van der Waals surface area contributed by atoms with Gasteiger partial charge in [0.05, 0.1) is 11.7 Å². The van der Waals surface area contributed by atoms with Crippen molar-refractivity contribution in [1.29, 1.82) is 0 Å². The summed E-state index contributed by atoms with van der Waals surface area (Å²) in [6.07, 6.45) is 7.73. The first-order valence-electron chi connectivity index (χ1n) is 14.2. The molecule has 1 aliphatic carbocycles. The summed E-state index contributed by atoms with van der Waals surface area (Å²) >= 11 is 3.61. The lowest BCUT2D eigenvalue weighted by Crippen LogP contribution is -2.29. The van der Waals surface area contributed by atoms with Crippen LogP contribution in [0.2, 0.25) is 0 Å². The molecular weight excluding hydrogens is 568 g/mol. The van der Waals surface area contributed by atoms with E-state index in [-0.39, 0.29) is 6.04 Å². The summed E-state index contributed by atoms with van der Waals surface area (Å²) in [5.74, 6) is 1.81. The van der Waals surface area contributed by atoms with Crippen molar-refractivity contribution >= 4 is 44.3 Å². The van der Waals surface area contributed by atoms with Crippen LogP contribution < -0.4 is 10.1 Å². The van der Waals surface area contributed by atoms with Gasteiger partial charge < -0.3 is 10.1 Å². The zero-order valence-corrected chi connectivity index (χ0v) is 24.5. The second kappa shape index (κ2) is 11.0. The fourth-order valence-corrected chi connectivity index (χ4v) is 6.66. The van der Waals surface area contributed by atoms with Gasteiger partial charge in [0.2, 0.25) is 0 Å². The molecule has 41 heavy (non-hydrogen) atoms. The predicted octanol–water partition coefficient (Wildman–Crippen LogP) is 10.1. The van der Waals surface area contributed by atoms with Gasteiger partial charge in [-0.3, -0.25) is 4.99 Å². The van der Waals surface area contributed by atoms with Crippen LogP contribution in [-0.4, -0.2) is 6.21 Å². The Hall–Kier alpha value is -4.15. The zero-order chi connectivity index (χ0) is 27.8. The Morgan fingerprint density at radius 3 is 2.68 bits per heavy atom. The van der Waals surface area contributed by atoms with Gasteiger partial charge in [-0.1, -0.05) is 100 Å². The Labute approximate surface area is 249 Å². The highest BCUT2D eigenvalue weighted by Gasteiger charge is 2.37. The van der Waals surface area contributed by atoms with Crippen molar-refractivity contribution in [3.63, 3.8) is 0 Å². The minimum absolute atomic E-state index is 0.280. The fourth-order valence-electron chi connectivity index (χ4n) is 6.28. The van der Waals surface area contributed by atoms with Crippen LogP contribution in [0.4, 0.5) is 11.4 Å². The summed E-state index contributed by atoms with van der Waals surface area (Å²) < 4.78 is 7.31. The number of anilines is 1. The smallest absolute Gasteiger partial charge is 0.128 e. The number of halogens is 1. The number of hydrogen-bond donors (Lipinski definition) is 1. The molecule has 0 unspecified atom stereocenters. The molecule has 0 spiro atoms. The van der Waals surface area contributed by atoms with Gasteiger partial charge in [-0.2, -0.15) is 0 Å². The molecule has 2 aliphatic rings. The molecule has 0 radical (unpaired) electrons. The lowest BCUT2D eigenvalue weighted by Gasteiger charge is -2.37. The van der Waals surface area contributed by atoms with E-state index in [1.807, 2.05) is 18.3 Å². The molecule has 0 saturated carbocycles. The van der Waals surface area contributed by atoms with Gasteiger partial charge >= 0.3 is 0 Å². The number of ether oxygens (including phenoxy) is 1. The number of nitrogens with one attached hydrogen (secondary N) is 1. The molecule has 5 aromatic rings. The molecule has 202 valence electrons. The summed E-state index contributed by atoms with van der Waals surface area (Å²) in [6.45, 7) is 2.67. The van der Waals surface area contributed by atoms with E-state index in [4.69, 9.17) is 9.73 Å². The van der Waals surface area contributed by atoms with Crippen molar-refractivity contribution < 1.29 is 4.74 Å². The van der Waals surface area contributed by atoms with E-state index in [1.54, 1.807) is 0 Å². The third kappa shape index (κ3) is 5.20.